The zero-order chi connectivity index (χ0) is 18.1. The number of nitrogens with one attached hydrogen (secondary N) is 2. The molecule has 0 aliphatic heterocycles. The normalized spacial score (nSPS) is 10.7. The number of fused-ring (bicyclic) bond motifs is 1. The molecule has 0 unspecified atom stereocenters. The van der Waals surface area contributed by atoms with Crippen LogP contribution < -0.4 is 10.6 Å². The zero-order valence-corrected chi connectivity index (χ0v) is 15.0. The van der Waals surface area contributed by atoms with Crippen molar-refractivity contribution in [2.45, 2.75) is 6.92 Å². The second kappa shape index (κ2) is 6.82. The summed E-state index contributed by atoms with van der Waals surface area (Å²) in [5.74, 6) is -0.948. The van der Waals surface area contributed by atoms with Crippen molar-refractivity contribution in [1.29, 1.82) is 0 Å². The molecule has 1 heterocycles. The molecule has 0 radical (unpaired) electrons. The zero-order valence-electron chi connectivity index (χ0n) is 13.4. The lowest BCUT2D eigenvalue weighted by molar-refractivity contribution is 0.0962. The SMILES string of the molecule is CNC(=O)c1ccc(NC(=O)c2sc3cc(F)ccc3c2Cl)c(C)c1. The second-order valence-electron chi connectivity index (χ2n) is 5.45. The van der Waals surface area contributed by atoms with Gasteiger partial charge in [-0.15, -0.1) is 11.3 Å². The summed E-state index contributed by atoms with van der Waals surface area (Å²) in [5.41, 5.74) is 1.84. The van der Waals surface area contributed by atoms with E-state index >= 15 is 0 Å². The molecule has 3 rings (SSSR count). The summed E-state index contributed by atoms with van der Waals surface area (Å²) in [4.78, 5) is 24.5. The summed E-state index contributed by atoms with van der Waals surface area (Å²) in [5, 5.41) is 6.28. The van der Waals surface area contributed by atoms with Crippen molar-refractivity contribution in [3.63, 3.8) is 0 Å². The van der Waals surface area contributed by atoms with Gasteiger partial charge in [0.25, 0.3) is 11.8 Å². The van der Waals surface area contributed by atoms with E-state index in [0.717, 1.165) is 16.9 Å². The first-order valence-corrected chi connectivity index (χ1v) is 8.61. The summed E-state index contributed by atoms with van der Waals surface area (Å²) in [7, 11) is 1.56. The lowest BCUT2D eigenvalue weighted by atomic mass is 10.1. The Morgan fingerprint density at radius 3 is 2.56 bits per heavy atom. The first kappa shape index (κ1) is 17.4. The van der Waals surface area contributed by atoms with Crippen molar-refractivity contribution >= 4 is 50.5 Å². The van der Waals surface area contributed by atoms with E-state index in [-0.39, 0.29) is 17.6 Å². The Hall–Kier alpha value is -2.44. The van der Waals surface area contributed by atoms with Crippen LogP contribution >= 0.6 is 22.9 Å². The average molecular weight is 377 g/mol. The summed E-state index contributed by atoms with van der Waals surface area (Å²) in [6.07, 6.45) is 0. The van der Waals surface area contributed by atoms with Gasteiger partial charge in [-0.25, -0.2) is 4.39 Å². The van der Waals surface area contributed by atoms with E-state index in [9.17, 15) is 14.0 Å². The maximum Gasteiger partial charge on any atom is 0.267 e. The third kappa shape index (κ3) is 3.36. The van der Waals surface area contributed by atoms with Crippen LogP contribution in [0.5, 0.6) is 0 Å². The maximum absolute atomic E-state index is 13.3. The molecule has 128 valence electrons. The molecule has 0 fully saturated rings. The highest BCUT2D eigenvalue weighted by Crippen LogP contribution is 2.36. The molecule has 0 spiro atoms. The number of anilines is 1. The number of aryl methyl sites for hydroxylation is 1. The molecule has 2 N–H and O–H groups in total. The minimum atomic E-state index is -0.377. The highest BCUT2D eigenvalue weighted by Gasteiger charge is 2.18. The molecular weight excluding hydrogens is 363 g/mol. The van der Waals surface area contributed by atoms with Gasteiger partial charge in [0.1, 0.15) is 10.7 Å². The summed E-state index contributed by atoms with van der Waals surface area (Å²) in [6, 6.07) is 9.21. The van der Waals surface area contributed by atoms with Crippen LogP contribution in [-0.2, 0) is 0 Å². The van der Waals surface area contributed by atoms with E-state index < -0.39 is 0 Å². The van der Waals surface area contributed by atoms with Gasteiger partial charge >= 0.3 is 0 Å². The number of hydrogen-bond donors (Lipinski definition) is 2. The van der Waals surface area contributed by atoms with Gasteiger partial charge in [0.2, 0.25) is 0 Å². The maximum atomic E-state index is 13.3. The Morgan fingerprint density at radius 2 is 1.88 bits per heavy atom. The van der Waals surface area contributed by atoms with E-state index in [1.165, 1.54) is 12.1 Å². The smallest absolute Gasteiger partial charge is 0.267 e. The minimum absolute atomic E-state index is 0.199. The predicted molar refractivity (Wildman–Crippen MR) is 99.3 cm³/mol. The monoisotopic (exact) mass is 376 g/mol. The first-order chi connectivity index (χ1) is 11.9. The van der Waals surface area contributed by atoms with Crippen molar-refractivity contribution in [2.75, 3.05) is 12.4 Å². The second-order valence-corrected chi connectivity index (χ2v) is 6.88. The van der Waals surface area contributed by atoms with E-state index in [1.54, 1.807) is 38.2 Å². The molecule has 4 nitrogen and oxygen atoms in total. The largest absolute Gasteiger partial charge is 0.355 e. The van der Waals surface area contributed by atoms with Gasteiger partial charge in [0, 0.05) is 28.4 Å². The third-order valence-electron chi connectivity index (χ3n) is 3.76. The van der Waals surface area contributed by atoms with Crippen LogP contribution in [0.2, 0.25) is 5.02 Å². The number of thiophene rings is 1. The Bertz CT molecular complexity index is 1000. The van der Waals surface area contributed by atoms with Gasteiger partial charge in [-0.05, 0) is 48.9 Å². The summed E-state index contributed by atoms with van der Waals surface area (Å²) >= 11 is 7.40. The van der Waals surface area contributed by atoms with Crippen LogP contribution in [0.1, 0.15) is 25.6 Å². The highest BCUT2D eigenvalue weighted by molar-refractivity contribution is 7.21. The lowest BCUT2D eigenvalue weighted by Gasteiger charge is -2.09. The molecule has 2 aromatic carbocycles. The Kier molecular flexibility index (Phi) is 4.74. The molecular formula is C18H14ClFN2O2S. The van der Waals surface area contributed by atoms with E-state index in [2.05, 4.69) is 10.6 Å². The van der Waals surface area contributed by atoms with Gasteiger partial charge < -0.3 is 10.6 Å². The van der Waals surface area contributed by atoms with Crippen molar-refractivity contribution < 1.29 is 14.0 Å². The summed E-state index contributed by atoms with van der Waals surface area (Å²) in [6.45, 7) is 1.80. The van der Waals surface area contributed by atoms with E-state index in [4.69, 9.17) is 11.6 Å². The number of carbonyl (C=O) groups is 2. The average Bonchev–Trinajstić information content (AvgIpc) is 2.92. The van der Waals surface area contributed by atoms with Crippen LogP contribution in [0.15, 0.2) is 36.4 Å². The number of benzene rings is 2. The number of carbonyl (C=O) groups excluding carboxylic acids is 2. The molecule has 0 aliphatic rings. The van der Waals surface area contributed by atoms with Crippen molar-refractivity contribution in [3.8, 4) is 0 Å². The van der Waals surface area contributed by atoms with Crippen LogP contribution in [0, 0.1) is 12.7 Å². The van der Waals surface area contributed by atoms with Gasteiger partial charge in [0.05, 0.1) is 5.02 Å². The van der Waals surface area contributed by atoms with E-state index in [0.29, 0.717) is 31.2 Å². The van der Waals surface area contributed by atoms with Crippen molar-refractivity contribution in [1.82, 2.24) is 5.32 Å². The first-order valence-electron chi connectivity index (χ1n) is 7.42. The number of rotatable bonds is 3. The van der Waals surface area contributed by atoms with Gasteiger partial charge in [-0.1, -0.05) is 11.6 Å². The fourth-order valence-electron chi connectivity index (χ4n) is 2.45. The molecule has 0 saturated carbocycles. The summed E-state index contributed by atoms with van der Waals surface area (Å²) < 4.78 is 14.0. The molecule has 0 atom stereocenters. The lowest BCUT2D eigenvalue weighted by Crippen LogP contribution is -2.18. The molecule has 1 aromatic heterocycles. The van der Waals surface area contributed by atoms with Crippen LogP contribution in [0.3, 0.4) is 0 Å². The Balaban J connectivity index is 1.90. The fourth-order valence-corrected chi connectivity index (χ4v) is 3.89. The Labute approximate surface area is 152 Å². The van der Waals surface area contributed by atoms with E-state index in [1.807, 2.05) is 0 Å². The molecule has 7 heteroatoms. The third-order valence-corrected chi connectivity index (χ3v) is 5.42. The van der Waals surface area contributed by atoms with Gasteiger partial charge in [0.15, 0.2) is 0 Å². The molecule has 0 bridgehead atoms. The molecule has 3 aromatic rings. The van der Waals surface area contributed by atoms with Gasteiger partial charge in [-0.3, -0.25) is 9.59 Å². The number of halogens is 2. The number of hydrogen-bond acceptors (Lipinski definition) is 3. The molecule has 25 heavy (non-hydrogen) atoms. The molecule has 2 amide bonds. The topological polar surface area (TPSA) is 58.2 Å². The Morgan fingerprint density at radius 1 is 1.12 bits per heavy atom. The standard InChI is InChI=1S/C18H14ClFN2O2S/c1-9-7-10(17(23)21-2)3-6-13(9)22-18(24)16-15(19)12-5-4-11(20)8-14(12)25-16/h3-8H,1-2H3,(H,21,23)(H,22,24). The molecule has 0 aliphatic carbocycles. The van der Waals surface area contributed by atoms with Crippen LogP contribution in [0.4, 0.5) is 10.1 Å². The van der Waals surface area contributed by atoms with Crippen molar-refractivity contribution in [3.05, 3.63) is 63.2 Å². The highest BCUT2D eigenvalue weighted by atomic mass is 35.5. The number of amides is 2. The minimum Gasteiger partial charge on any atom is -0.355 e. The van der Waals surface area contributed by atoms with Gasteiger partial charge in [-0.2, -0.15) is 0 Å². The van der Waals surface area contributed by atoms with Crippen LogP contribution in [0.25, 0.3) is 10.1 Å². The predicted octanol–water partition coefficient (Wildman–Crippen LogP) is 4.61. The molecule has 0 saturated heterocycles. The van der Waals surface area contributed by atoms with Crippen LogP contribution in [-0.4, -0.2) is 18.9 Å². The quantitative estimate of drug-likeness (QED) is 0.701. The van der Waals surface area contributed by atoms with Crippen molar-refractivity contribution in [2.24, 2.45) is 0 Å². The fraction of sp³-hybridized carbons (Fsp3) is 0.111.